The van der Waals surface area contributed by atoms with Crippen LogP contribution in [0.3, 0.4) is 0 Å². The zero-order chi connectivity index (χ0) is 15.2. The molecule has 1 aliphatic rings. The molecule has 2 rings (SSSR count). The highest BCUT2D eigenvalue weighted by Crippen LogP contribution is 2.22. The molecule has 1 fully saturated rings. The van der Waals surface area contributed by atoms with Crippen molar-refractivity contribution in [2.45, 2.75) is 6.10 Å². The van der Waals surface area contributed by atoms with Crippen LogP contribution in [0.25, 0.3) is 0 Å². The third-order valence-electron chi connectivity index (χ3n) is 3.24. The molecule has 0 spiro atoms. The minimum absolute atomic E-state index is 0.120. The Labute approximate surface area is 122 Å². The van der Waals surface area contributed by atoms with Crippen LogP contribution < -0.4 is 10.6 Å². The Kier molecular flexibility index (Phi) is 5.24. The van der Waals surface area contributed by atoms with E-state index in [1.54, 1.807) is 12.1 Å². The van der Waals surface area contributed by atoms with E-state index in [4.69, 9.17) is 4.74 Å². The lowest BCUT2D eigenvalue weighted by Crippen LogP contribution is -2.47. The van der Waals surface area contributed by atoms with Gasteiger partial charge in [-0.25, -0.2) is 9.18 Å². The predicted molar refractivity (Wildman–Crippen MR) is 74.1 cm³/mol. The molecule has 1 aromatic carbocycles. The topological polar surface area (TPSA) is 70.7 Å². The molecule has 2 N–H and O–H groups in total. The van der Waals surface area contributed by atoms with Crippen LogP contribution in [-0.2, 0) is 9.53 Å². The van der Waals surface area contributed by atoms with Crippen LogP contribution >= 0.6 is 0 Å². The van der Waals surface area contributed by atoms with Crippen LogP contribution in [0.2, 0.25) is 0 Å². The predicted octanol–water partition coefficient (Wildman–Crippen LogP) is 0.655. The van der Waals surface area contributed by atoms with Crippen molar-refractivity contribution in [3.8, 4) is 0 Å². The molecule has 21 heavy (non-hydrogen) atoms. The van der Waals surface area contributed by atoms with E-state index in [-0.39, 0.29) is 24.4 Å². The van der Waals surface area contributed by atoms with Gasteiger partial charge in [-0.3, -0.25) is 15.0 Å². The van der Waals surface area contributed by atoms with Crippen LogP contribution in [0.1, 0.15) is 11.7 Å². The molecule has 0 radical (unpaired) electrons. The number of urea groups is 1. The molecule has 0 aromatic heterocycles. The maximum Gasteiger partial charge on any atom is 0.321 e. The summed E-state index contributed by atoms with van der Waals surface area (Å²) in [4.78, 5) is 24.6. The smallest absolute Gasteiger partial charge is 0.321 e. The molecule has 114 valence electrons. The van der Waals surface area contributed by atoms with Gasteiger partial charge in [0, 0.05) is 20.1 Å². The highest BCUT2D eigenvalue weighted by molar-refractivity contribution is 5.95. The summed E-state index contributed by atoms with van der Waals surface area (Å²) in [6, 6.07) is 5.59. The summed E-state index contributed by atoms with van der Waals surface area (Å²) in [5.74, 6) is -0.662. The molecule has 1 atom stereocenters. The van der Waals surface area contributed by atoms with Gasteiger partial charge in [-0.2, -0.15) is 0 Å². The summed E-state index contributed by atoms with van der Waals surface area (Å²) in [6.07, 6.45) is -0.202. The van der Waals surface area contributed by atoms with Crippen molar-refractivity contribution < 1.29 is 18.7 Å². The Hall–Kier alpha value is -1.99. The number of imide groups is 1. The zero-order valence-electron chi connectivity index (χ0n) is 11.8. The number of nitrogens with zero attached hydrogens (tertiary/aromatic N) is 1. The van der Waals surface area contributed by atoms with Gasteiger partial charge in [0.1, 0.15) is 5.82 Å². The number of hydrogen-bond acceptors (Lipinski definition) is 4. The second-order valence-electron chi connectivity index (χ2n) is 4.77. The Morgan fingerprint density at radius 3 is 2.76 bits per heavy atom. The first-order valence-electron chi connectivity index (χ1n) is 6.69. The summed E-state index contributed by atoms with van der Waals surface area (Å²) in [6.45, 7) is 1.73. The average molecular weight is 295 g/mol. The van der Waals surface area contributed by atoms with Gasteiger partial charge in [0.25, 0.3) is 0 Å². The molecule has 1 aromatic rings. The Morgan fingerprint density at radius 2 is 2.10 bits per heavy atom. The van der Waals surface area contributed by atoms with Crippen molar-refractivity contribution >= 4 is 11.9 Å². The van der Waals surface area contributed by atoms with E-state index in [2.05, 4.69) is 10.6 Å². The number of ether oxygens (including phenoxy) is 1. The summed E-state index contributed by atoms with van der Waals surface area (Å²) in [5, 5.41) is 4.54. The van der Waals surface area contributed by atoms with Crippen LogP contribution in [0, 0.1) is 5.82 Å². The van der Waals surface area contributed by atoms with Crippen LogP contribution in [0.4, 0.5) is 9.18 Å². The van der Waals surface area contributed by atoms with Gasteiger partial charge in [0.05, 0.1) is 19.3 Å². The molecular formula is C14H18FN3O3. The first-order chi connectivity index (χ1) is 10.1. The Bertz CT molecular complexity index is 507. The van der Waals surface area contributed by atoms with Crippen molar-refractivity contribution in [3.05, 3.63) is 35.6 Å². The minimum atomic E-state index is -0.525. The molecule has 1 heterocycles. The van der Waals surface area contributed by atoms with Crippen LogP contribution in [0.15, 0.2) is 24.3 Å². The van der Waals surface area contributed by atoms with Crippen molar-refractivity contribution in [3.63, 3.8) is 0 Å². The second-order valence-corrected chi connectivity index (χ2v) is 4.77. The van der Waals surface area contributed by atoms with Gasteiger partial charge in [-0.05, 0) is 17.7 Å². The number of amides is 3. The molecular weight excluding hydrogens is 277 g/mol. The maximum atomic E-state index is 12.9. The van der Waals surface area contributed by atoms with E-state index in [0.29, 0.717) is 19.7 Å². The third kappa shape index (κ3) is 4.51. The highest BCUT2D eigenvalue weighted by atomic mass is 19.1. The number of hydrogen-bond donors (Lipinski definition) is 2. The summed E-state index contributed by atoms with van der Waals surface area (Å²) in [5.41, 5.74) is 0.868. The van der Waals surface area contributed by atoms with Crippen LogP contribution in [-0.4, -0.2) is 50.1 Å². The average Bonchev–Trinajstić information content (AvgIpc) is 2.48. The van der Waals surface area contributed by atoms with Gasteiger partial charge in [0.15, 0.2) is 0 Å². The Morgan fingerprint density at radius 1 is 1.38 bits per heavy atom. The normalized spacial score (nSPS) is 19.0. The van der Waals surface area contributed by atoms with E-state index in [9.17, 15) is 14.0 Å². The largest absolute Gasteiger partial charge is 0.371 e. The molecule has 1 aliphatic heterocycles. The second kappa shape index (κ2) is 7.14. The molecule has 0 bridgehead atoms. The van der Waals surface area contributed by atoms with Crippen molar-refractivity contribution in [2.75, 3.05) is 33.3 Å². The van der Waals surface area contributed by atoms with Gasteiger partial charge in [-0.15, -0.1) is 0 Å². The fraction of sp³-hybridized carbons (Fsp3) is 0.429. The number of morpholine rings is 1. The lowest BCUT2D eigenvalue weighted by molar-refractivity contribution is -0.123. The quantitative estimate of drug-likeness (QED) is 0.859. The molecule has 7 heteroatoms. The van der Waals surface area contributed by atoms with E-state index >= 15 is 0 Å². The fourth-order valence-electron chi connectivity index (χ4n) is 2.16. The van der Waals surface area contributed by atoms with Gasteiger partial charge < -0.3 is 10.1 Å². The number of carbonyl (C=O) groups excluding carboxylic acids is 2. The molecule has 1 saturated heterocycles. The number of halogens is 1. The van der Waals surface area contributed by atoms with Gasteiger partial charge in [-0.1, -0.05) is 12.1 Å². The molecule has 6 nitrogen and oxygen atoms in total. The lowest BCUT2D eigenvalue weighted by atomic mass is 10.1. The zero-order valence-corrected chi connectivity index (χ0v) is 11.8. The van der Waals surface area contributed by atoms with E-state index in [1.807, 2.05) is 4.90 Å². The fourth-order valence-corrected chi connectivity index (χ4v) is 2.16. The minimum Gasteiger partial charge on any atom is -0.371 e. The molecule has 0 aliphatic carbocycles. The lowest BCUT2D eigenvalue weighted by Gasteiger charge is -2.32. The standard InChI is InChI=1S/C14H18FN3O3/c1-16-14(20)17-13(19)9-18-6-7-21-12(8-18)10-2-4-11(15)5-3-10/h2-5,12H,6-9H2,1H3,(H2,16,17,19,20). The molecule has 0 saturated carbocycles. The van der Waals surface area contributed by atoms with Crippen molar-refractivity contribution in [1.82, 2.24) is 15.5 Å². The van der Waals surface area contributed by atoms with Gasteiger partial charge in [0.2, 0.25) is 5.91 Å². The van der Waals surface area contributed by atoms with Crippen molar-refractivity contribution in [1.29, 1.82) is 0 Å². The first kappa shape index (κ1) is 15.4. The first-order valence-corrected chi connectivity index (χ1v) is 6.69. The monoisotopic (exact) mass is 295 g/mol. The summed E-state index contributed by atoms with van der Waals surface area (Å²) >= 11 is 0. The number of benzene rings is 1. The highest BCUT2D eigenvalue weighted by Gasteiger charge is 2.23. The van der Waals surface area contributed by atoms with Crippen LogP contribution in [0.5, 0.6) is 0 Å². The van der Waals surface area contributed by atoms with E-state index < -0.39 is 6.03 Å². The Balaban J connectivity index is 1.90. The third-order valence-corrected chi connectivity index (χ3v) is 3.24. The van der Waals surface area contributed by atoms with Crippen molar-refractivity contribution in [2.24, 2.45) is 0 Å². The van der Waals surface area contributed by atoms with Gasteiger partial charge >= 0.3 is 6.03 Å². The summed E-state index contributed by atoms with van der Waals surface area (Å²) < 4.78 is 18.6. The number of nitrogens with one attached hydrogen (secondary N) is 2. The number of rotatable bonds is 3. The van der Waals surface area contributed by atoms with E-state index in [1.165, 1.54) is 19.2 Å². The maximum absolute atomic E-state index is 12.9. The van der Waals surface area contributed by atoms with E-state index in [0.717, 1.165) is 5.56 Å². The summed E-state index contributed by atoms with van der Waals surface area (Å²) in [7, 11) is 1.45. The molecule has 1 unspecified atom stereocenters. The SMILES string of the molecule is CNC(=O)NC(=O)CN1CCOC(c2ccc(F)cc2)C1. The molecule has 3 amide bonds. The number of carbonyl (C=O) groups is 2.